The number of amides is 5. The van der Waals surface area contributed by atoms with Gasteiger partial charge in [-0.25, -0.2) is 4.79 Å². The molecule has 1 aliphatic rings. The molecular formula is C19H28N5O4+. The van der Waals surface area contributed by atoms with Crippen molar-refractivity contribution in [3.05, 3.63) is 35.9 Å². The molecule has 0 bridgehead atoms. The van der Waals surface area contributed by atoms with Crippen LogP contribution < -0.4 is 21.0 Å². The van der Waals surface area contributed by atoms with Crippen LogP contribution in [0.2, 0.25) is 0 Å². The minimum atomic E-state index is -1.21. The molecule has 1 fully saturated rings. The molecule has 0 saturated carbocycles. The zero-order chi connectivity index (χ0) is 20.9. The van der Waals surface area contributed by atoms with Gasteiger partial charge < -0.3 is 15.5 Å². The van der Waals surface area contributed by atoms with E-state index in [4.69, 9.17) is 0 Å². The summed E-state index contributed by atoms with van der Waals surface area (Å²) in [4.78, 5) is 50.0. The van der Waals surface area contributed by atoms with Crippen molar-refractivity contribution in [3.63, 3.8) is 0 Å². The maximum atomic E-state index is 12.9. The van der Waals surface area contributed by atoms with Crippen LogP contribution in [0, 0.1) is 0 Å². The van der Waals surface area contributed by atoms with Gasteiger partial charge in [0.2, 0.25) is 0 Å². The maximum Gasteiger partial charge on any atom is 0.344 e. The van der Waals surface area contributed by atoms with E-state index in [9.17, 15) is 19.2 Å². The van der Waals surface area contributed by atoms with Gasteiger partial charge >= 0.3 is 6.03 Å². The third-order valence-electron chi connectivity index (χ3n) is 4.50. The van der Waals surface area contributed by atoms with Gasteiger partial charge in [0.05, 0.1) is 7.05 Å². The number of carbonyl (C=O) groups is 4. The van der Waals surface area contributed by atoms with E-state index in [0.717, 1.165) is 5.01 Å². The van der Waals surface area contributed by atoms with E-state index in [1.54, 1.807) is 38.2 Å². The topological polar surface area (TPSA) is 112 Å². The van der Waals surface area contributed by atoms with Gasteiger partial charge in [-0.05, 0) is 25.8 Å². The predicted molar refractivity (Wildman–Crippen MR) is 102 cm³/mol. The summed E-state index contributed by atoms with van der Waals surface area (Å²) in [6.07, 6.45) is 0.342. The number of likely N-dealkylation sites (N-methyl/N-ethyl adjacent to an activating group) is 1. The SMILES string of the molecule is CC[C@]1(c2ccccc2)NC(=O)N(NC(=O)C[NH+](C)CC(=O)NC(C)C)C1=O. The van der Waals surface area contributed by atoms with E-state index in [-0.39, 0.29) is 25.0 Å². The smallest absolute Gasteiger partial charge is 0.344 e. The highest BCUT2D eigenvalue weighted by Crippen LogP contribution is 2.31. The summed E-state index contributed by atoms with van der Waals surface area (Å²) in [7, 11) is 1.69. The summed E-state index contributed by atoms with van der Waals surface area (Å²) in [6, 6.07) is 8.25. The van der Waals surface area contributed by atoms with Crippen molar-refractivity contribution in [1.29, 1.82) is 0 Å². The summed E-state index contributed by atoms with van der Waals surface area (Å²) < 4.78 is 0. The third kappa shape index (κ3) is 4.66. The van der Waals surface area contributed by atoms with Crippen LogP contribution >= 0.6 is 0 Å². The largest absolute Gasteiger partial charge is 0.349 e. The molecule has 1 unspecified atom stereocenters. The summed E-state index contributed by atoms with van der Waals surface area (Å²) in [5.74, 6) is -1.24. The van der Waals surface area contributed by atoms with E-state index < -0.39 is 23.4 Å². The minimum absolute atomic E-state index is 0.0141. The van der Waals surface area contributed by atoms with Gasteiger partial charge in [0.15, 0.2) is 13.1 Å². The monoisotopic (exact) mass is 390 g/mol. The molecule has 152 valence electrons. The van der Waals surface area contributed by atoms with Gasteiger partial charge in [0.1, 0.15) is 5.54 Å². The Balaban J connectivity index is 2.02. The van der Waals surface area contributed by atoms with Crippen LogP contribution in [0.3, 0.4) is 0 Å². The number of imide groups is 1. The van der Waals surface area contributed by atoms with Gasteiger partial charge in [-0.3, -0.25) is 19.8 Å². The average Bonchev–Trinajstić information content (AvgIpc) is 2.86. The summed E-state index contributed by atoms with van der Waals surface area (Å²) in [5, 5.41) is 6.17. The first kappa shape index (κ1) is 21.4. The average molecular weight is 390 g/mol. The molecule has 0 spiro atoms. The number of hydrazine groups is 1. The van der Waals surface area contributed by atoms with Crippen LogP contribution in [0.25, 0.3) is 0 Å². The summed E-state index contributed by atoms with van der Waals surface area (Å²) in [5.41, 5.74) is 1.81. The lowest BCUT2D eigenvalue weighted by Gasteiger charge is -2.25. The van der Waals surface area contributed by atoms with E-state index >= 15 is 0 Å². The number of nitrogens with zero attached hydrogens (tertiary/aromatic N) is 1. The highest BCUT2D eigenvalue weighted by molar-refractivity contribution is 6.08. The van der Waals surface area contributed by atoms with Crippen molar-refractivity contribution in [2.45, 2.75) is 38.8 Å². The Morgan fingerprint density at radius 1 is 1.14 bits per heavy atom. The van der Waals surface area contributed by atoms with Crippen molar-refractivity contribution in [3.8, 4) is 0 Å². The maximum absolute atomic E-state index is 12.9. The Hall–Kier alpha value is -2.94. The highest BCUT2D eigenvalue weighted by Gasteiger charge is 2.52. The fraction of sp³-hybridized carbons (Fsp3) is 0.474. The number of quaternary nitrogens is 1. The predicted octanol–water partition coefficient (Wildman–Crippen LogP) is -1.09. The van der Waals surface area contributed by atoms with Crippen molar-refractivity contribution in [1.82, 2.24) is 21.1 Å². The molecule has 1 aliphatic heterocycles. The van der Waals surface area contributed by atoms with Crippen LogP contribution in [-0.4, -0.2) is 54.9 Å². The first-order chi connectivity index (χ1) is 13.2. The molecule has 2 atom stereocenters. The molecule has 0 aromatic heterocycles. The lowest BCUT2D eigenvalue weighted by atomic mass is 9.87. The molecule has 0 radical (unpaired) electrons. The Morgan fingerprint density at radius 2 is 1.75 bits per heavy atom. The van der Waals surface area contributed by atoms with Crippen LogP contribution in [0.4, 0.5) is 4.79 Å². The van der Waals surface area contributed by atoms with Crippen molar-refractivity contribution in [2.24, 2.45) is 0 Å². The number of carbonyl (C=O) groups excluding carboxylic acids is 4. The van der Waals surface area contributed by atoms with Gasteiger partial charge in [-0.15, -0.1) is 0 Å². The van der Waals surface area contributed by atoms with Crippen molar-refractivity contribution >= 4 is 23.8 Å². The van der Waals surface area contributed by atoms with Crippen LogP contribution in [0.5, 0.6) is 0 Å². The second kappa shape index (κ2) is 8.83. The molecule has 1 saturated heterocycles. The Kier molecular flexibility index (Phi) is 6.74. The lowest BCUT2D eigenvalue weighted by Crippen LogP contribution is -3.11. The first-order valence-corrected chi connectivity index (χ1v) is 9.32. The molecule has 28 heavy (non-hydrogen) atoms. The number of benzene rings is 1. The number of nitrogens with one attached hydrogen (secondary N) is 4. The fourth-order valence-electron chi connectivity index (χ4n) is 3.19. The first-order valence-electron chi connectivity index (χ1n) is 9.32. The number of urea groups is 1. The molecule has 1 aromatic rings. The Morgan fingerprint density at radius 3 is 2.32 bits per heavy atom. The van der Waals surface area contributed by atoms with E-state index in [0.29, 0.717) is 16.9 Å². The van der Waals surface area contributed by atoms with Crippen molar-refractivity contribution < 1.29 is 24.1 Å². The summed E-state index contributed by atoms with van der Waals surface area (Å²) in [6.45, 7) is 5.54. The van der Waals surface area contributed by atoms with E-state index in [2.05, 4.69) is 16.1 Å². The highest BCUT2D eigenvalue weighted by atomic mass is 16.2. The summed E-state index contributed by atoms with van der Waals surface area (Å²) >= 11 is 0. The van der Waals surface area contributed by atoms with Gasteiger partial charge in [-0.1, -0.05) is 37.3 Å². The van der Waals surface area contributed by atoms with Crippen LogP contribution in [-0.2, 0) is 19.9 Å². The molecular weight excluding hydrogens is 362 g/mol. The van der Waals surface area contributed by atoms with Gasteiger partial charge in [0.25, 0.3) is 17.7 Å². The molecule has 4 N–H and O–H groups in total. The lowest BCUT2D eigenvalue weighted by molar-refractivity contribution is -0.862. The van der Waals surface area contributed by atoms with E-state index in [1.807, 2.05) is 19.9 Å². The van der Waals surface area contributed by atoms with Gasteiger partial charge in [-0.2, -0.15) is 5.01 Å². The molecule has 2 rings (SSSR count). The zero-order valence-corrected chi connectivity index (χ0v) is 16.7. The van der Waals surface area contributed by atoms with Crippen LogP contribution in [0.1, 0.15) is 32.8 Å². The molecule has 9 nitrogen and oxygen atoms in total. The number of rotatable bonds is 8. The molecule has 5 amide bonds. The minimum Gasteiger partial charge on any atom is -0.349 e. The second-order valence-electron chi connectivity index (χ2n) is 7.26. The van der Waals surface area contributed by atoms with Gasteiger partial charge in [0, 0.05) is 6.04 Å². The Bertz CT molecular complexity index is 752. The second-order valence-corrected chi connectivity index (χ2v) is 7.26. The Labute approximate surface area is 164 Å². The third-order valence-corrected chi connectivity index (χ3v) is 4.50. The fourth-order valence-corrected chi connectivity index (χ4v) is 3.19. The number of hydrogen-bond donors (Lipinski definition) is 4. The standard InChI is InChI=1S/C19H27N5O4/c1-5-19(14-9-7-6-8-10-14)17(27)24(18(28)21-19)22-16(26)12-23(4)11-15(25)20-13(2)3/h6-10,13H,5,11-12H2,1-4H3,(H,20,25)(H,21,28)(H,22,26)/p+1/t19-/m1/s1. The molecule has 0 aliphatic carbocycles. The molecule has 1 aromatic carbocycles. The van der Waals surface area contributed by atoms with Crippen molar-refractivity contribution in [2.75, 3.05) is 20.1 Å². The van der Waals surface area contributed by atoms with E-state index in [1.165, 1.54) is 0 Å². The van der Waals surface area contributed by atoms with Crippen LogP contribution in [0.15, 0.2) is 30.3 Å². The molecule has 1 heterocycles. The number of hydrogen-bond acceptors (Lipinski definition) is 4. The zero-order valence-electron chi connectivity index (χ0n) is 16.7. The molecule has 9 heteroatoms. The quantitative estimate of drug-likeness (QED) is 0.423. The normalized spacial score (nSPS) is 20.1.